The van der Waals surface area contributed by atoms with E-state index < -0.39 is 23.8 Å². The van der Waals surface area contributed by atoms with Crippen LogP contribution < -0.4 is 10.6 Å². The van der Waals surface area contributed by atoms with Gasteiger partial charge >= 0.3 is 6.09 Å². The van der Waals surface area contributed by atoms with Crippen LogP contribution in [0.1, 0.15) is 109 Å². The van der Waals surface area contributed by atoms with E-state index in [2.05, 4.69) is 31.4 Å². The normalized spacial score (nSPS) is 14.3. The second-order valence-electron chi connectivity index (χ2n) is 13.5. The molecular formula is C36H55N3O5. The first-order chi connectivity index (χ1) is 20.5. The third kappa shape index (κ3) is 11.2. The highest BCUT2D eigenvalue weighted by atomic mass is 16.6. The molecule has 0 heterocycles. The molecule has 0 aliphatic carbocycles. The van der Waals surface area contributed by atoms with Crippen LogP contribution in [0.15, 0.2) is 42.5 Å². The minimum Gasteiger partial charge on any atom is -0.508 e. The first-order valence-electron chi connectivity index (χ1n) is 16.0. The van der Waals surface area contributed by atoms with Crippen molar-refractivity contribution in [3.63, 3.8) is 0 Å². The van der Waals surface area contributed by atoms with Crippen molar-refractivity contribution in [2.45, 2.75) is 131 Å². The monoisotopic (exact) mass is 609 g/mol. The van der Waals surface area contributed by atoms with Gasteiger partial charge in [0.15, 0.2) is 0 Å². The van der Waals surface area contributed by atoms with Gasteiger partial charge in [0.1, 0.15) is 23.4 Å². The lowest BCUT2D eigenvalue weighted by Gasteiger charge is -2.40. The Balaban J connectivity index is 2.73. The molecule has 0 bridgehead atoms. The molecule has 244 valence electrons. The summed E-state index contributed by atoms with van der Waals surface area (Å²) in [5.74, 6) is -0.104. The molecule has 2 aromatic carbocycles. The second kappa shape index (κ2) is 16.5. The average molecular weight is 610 g/mol. The Labute approximate surface area is 264 Å². The van der Waals surface area contributed by atoms with Gasteiger partial charge in [0.2, 0.25) is 11.8 Å². The third-order valence-electron chi connectivity index (χ3n) is 7.71. The summed E-state index contributed by atoms with van der Waals surface area (Å²) in [6.45, 7) is 19.5. The van der Waals surface area contributed by atoms with Crippen molar-refractivity contribution >= 4 is 17.9 Å². The molecule has 0 fully saturated rings. The molecule has 0 spiro atoms. The van der Waals surface area contributed by atoms with E-state index in [1.165, 1.54) is 0 Å². The zero-order chi connectivity index (χ0) is 33.2. The number of alkyl carbamates (subject to hydrolysis) is 1. The SMILES string of the molecule is CCCC(C)NC(=O)C(c1c(C)cccc1C)N(C(=O)C(Cc1ccc(O)cc1)NC(=O)OC(C)(C)C)C(C)CCC(C)C. The third-order valence-corrected chi connectivity index (χ3v) is 7.71. The van der Waals surface area contributed by atoms with Crippen molar-refractivity contribution in [1.82, 2.24) is 15.5 Å². The molecule has 3 amide bonds. The number of hydrogen-bond acceptors (Lipinski definition) is 5. The van der Waals surface area contributed by atoms with Crippen LogP contribution in [0.5, 0.6) is 5.75 Å². The summed E-state index contributed by atoms with van der Waals surface area (Å²) in [6.07, 6.45) is 2.71. The van der Waals surface area contributed by atoms with Gasteiger partial charge in [-0.2, -0.15) is 0 Å². The van der Waals surface area contributed by atoms with E-state index in [0.717, 1.165) is 41.5 Å². The molecule has 0 aliphatic rings. The summed E-state index contributed by atoms with van der Waals surface area (Å²) in [5, 5.41) is 15.9. The molecule has 44 heavy (non-hydrogen) atoms. The zero-order valence-corrected chi connectivity index (χ0v) is 28.5. The van der Waals surface area contributed by atoms with E-state index in [9.17, 15) is 19.5 Å². The number of nitrogens with zero attached hydrogens (tertiary/aromatic N) is 1. The lowest BCUT2D eigenvalue weighted by molar-refractivity contribution is -0.145. The number of nitrogens with one attached hydrogen (secondary N) is 2. The predicted molar refractivity (Wildman–Crippen MR) is 177 cm³/mol. The number of hydrogen-bond donors (Lipinski definition) is 3. The number of benzene rings is 2. The fraction of sp³-hybridized carbons (Fsp3) is 0.583. The van der Waals surface area contributed by atoms with Crippen LogP contribution in [0.3, 0.4) is 0 Å². The van der Waals surface area contributed by atoms with Crippen LogP contribution in [0, 0.1) is 19.8 Å². The summed E-state index contributed by atoms with van der Waals surface area (Å²) >= 11 is 0. The Morgan fingerprint density at radius 3 is 2.00 bits per heavy atom. The number of carbonyl (C=O) groups is 3. The van der Waals surface area contributed by atoms with E-state index in [4.69, 9.17) is 4.74 Å². The lowest BCUT2D eigenvalue weighted by atomic mass is 9.91. The van der Waals surface area contributed by atoms with Gasteiger partial charge in [-0.05, 0) is 108 Å². The fourth-order valence-corrected chi connectivity index (χ4v) is 5.49. The number of carbonyl (C=O) groups excluding carboxylic acids is 3. The highest BCUT2D eigenvalue weighted by Crippen LogP contribution is 2.32. The summed E-state index contributed by atoms with van der Waals surface area (Å²) in [6, 6.07) is 10.1. The maximum absolute atomic E-state index is 14.9. The van der Waals surface area contributed by atoms with Crippen LogP contribution in [0.25, 0.3) is 0 Å². The maximum Gasteiger partial charge on any atom is 0.408 e. The van der Waals surface area contributed by atoms with Crippen molar-refractivity contribution in [2.75, 3.05) is 0 Å². The quantitative estimate of drug-likeness (QED) is 0.211. The Bertz CT molecular complexity index is 1220. The van der Waals surface area contributed by atoms with Gasteiger partial charge in [-0.3, -0.25) is 9.59 Å². The summed E-state index contributed by atoms with van der Waals surface area (Å²) in [7, 11) is 0. The highest BCUT2D eigenvalue weighted by Gasteiger charge is 2.40. The first kappa shape index (κ1) is 36.6. The van der Waals surface area contributed by atoms with Crippen molar-refractivity contribution in [3.8, 4) is 5.75 Å². The Hall–Kier alpha value is -3.55. The molecule has 0 aliphatic heterocycles. The number of amides is 3. The maximum atomic E-state index is 14.9. The van der Waals surface area contributed by atoms with Crippen molar-refractivity contribution in [3.05, 3.63) is 64.7 Å². The molecular weight excluding hydrogens is 554 g/mol. The molecule has 8 nitrogen and oxygen atoms in total. The fourth-order valence-electron chi connectivity index (χ4n) is 5.49. The second-order valence-corrected chi connectivity index (χ2v) is 13.5. The van der Waals surface area contributed by atoms with Crippen molar-refractivity contribution < 1.29 is 24.2 Å². The number of phenols is 1. The van der Waals surface area contributed by atoms with Crippen LogP contribution in [0.2, 0.25) is 0 Å². The van der Waals surface area contributed by atoms with Gasteiger partial charge in [-0.15, -0.1) is 0 Å². The number of rotatable bonds is 14. The standard InChI is InChI=1S/C36H55N3O5/c1-11-13-26(6)37-33(41)32(31-24(4)14-12-15-25(31)5)39(27(7)17-16-23(2)3)34(42)30(38-35(43)44-36(8,9)10)22-28-18-20-29(40)21-19-28/h12,14-15,18-21,23,26-27,30,32,40H,11,13,16-17,22H2,1-10H3,(H,37,41)(H,38,43). The van der Waals surface area contributed by atoms with Crippen LogP contribution >= 0.6 is 0 Å². The molecule has 3 N–H and O–H groups in total. The van der Waals surface area contributed by atoms with Crippen molar-refractivity contribution in [1.29, 1.82) is 0 Å². The predicted octanol–water partition coefficient (Wildman–Crippen LogP) is 7.14. The van der Waals surface area contributed by atoms with Gasteiger partial charge in [0.25, 0.3) is 0 Å². The van der Waals surface area contributed by atoms with Crippen LogP contribution in [-0.4, -0.2) is 51.6 Å². The number of ether oxygens (including phenoxy) is 1. The lowest BCUT2D eigenvalue weighted by Crippen LogP contribution is -2.57. The van der Waals surface area contributed by atoms with E-state index in [1.54, 1.807) is 49.9 Å². The molecule has 4 unspecified atom stereocenters. The molecule has 2 rings (SSSR count). The van der Waals surface area contributed by atoms with E-state index >= 15 is 0 Å². The van der Waals surface area contributed by atoms with Crippen LogP contribution in [-0.2, 0) is 20.7 Å². The highest BCUT2D eigenvalue weighted by molar-refractivity contribution is 5.93. The zero-order valence-electron chi connectivity index (χ0n) is 28.5. The Morgan fingerprint density at radius 1 is 0.886 bits per heavy atom. The van der Waals surface area contributed by atoms with Crippen molar-refractivity contribution in [2.24, 2.45) is 5.92 Å². The molecule has 2 aromatic rings. The molecule has 0 saturated carbocycles. The smallest absolute Gasteiger partial charge is 0.408 e. The van der Waals surface area contributed by atoms with Gasteiger partial charge < -0.3 is 25.4 Å². The number of aryl methyl sites for hydroxylation is 2. The van der Waals surface area contributed by atoms with Gasteiger partial charge in [0, 0.05) is 18.5 Å². The number of phenolic OH excluding ortho intramolecular Hbond substituents is 1. The van der Waals surface area contributed by atoms with Gasteiger partial charge in [0.05, 0.1) is 0 Å². The average Bonchev–Trinajstić information content (AvgIpc) is 2.90. The minimum atomic E-state index is -1.02. The molecule has 0 saturated heterocycles. The topological polar surface area (TPSA) is 108 Å². The molecule has 0 aromatic heterocycles. The van der Waals surface area contributed by atoms with Gasteiger partial charge in [-0.1, -0.05) is 57.5 Å². The summed E-state index contributed by atoms with van der Waals surface area (Å²) in [4.78, 5) is 44.0. The summed E-state index contributed by atoms with van der Waals surface area (Å²) in [5.41, 5.74) is 2.60. The van der Waals surface area contributed by atoms with E-state index in [-0.39, 0.29) is 36.1 Å². The Morgan fingerprint density at radius 2 is 1.48 bits per heavy atom. The molecule has 0 radical (unpaired) electrons. The first-order valence-corrected chi connectivity index (χ1v) is 16.0. The largest absolute Gasteiger partial charge is 0.508 e. The minimum absolute atomic E-state index is 0.0741. The van der Waals surface area contributed by atoms with E-state index in [0.29, 0.717) is 12.3 Å². The molecule has 4 atom stereocenters. The van der Waals surface area contributed by atoms with Gasteiger partial charge in [-0.25, -0.2) is 4.79 Å². The summed E-state index contributed by atoms with van der Waals surface area (Å²) < 4.78 is 5.56. The Kier molecular flexibility index (Phi) is 13.7. The van der Waals surface area contributed by atoms with E-state index in [1.807, 2.05) is 45.9 Å². The molecule has 8 heteroatoms. The number of aromatic hydroxyl groups is 1. The van der Waals surface area contributed by atoms with Crippen LogP contribution in [0.4, 0.5) is 4.79 Å².